The zero-order valence-corrected chi connectivity index (χ0v) is 19.4. The maximum absolute atomic E-state index is 13.5. The third kappa shape index (κ3) is 4.04. The minimum atomic E-state index is -0.418. The van der Waals surface area contributed by atoms with Gasteiger partial charge in [-0.15, -0.1) is 0 Å². The highest BCUT2D eigenvalue weighted by Gasteiger charge is 2.39. The lowest BCUT2D eigenvalue weighted by Crippen LogP contribution is -2.37. The van der Waals surface area contributed by atoms with E-state index in [1.165, 1.54) is 0 Å². The number of hydrogen-bond acceptors (Lipinski definition) is 4. The average molecular weight is 432 g/mol. The van der Waals surface area contributed by atoms with Gasteiger partial charge < -0.3 is 10.2 Å². The fourth-order valence-electron chi connectivity index (χ4n) is 4.92. The van der Waals surface area contributed by atoms with Crippen molar-refractivity contribution in [1.29, 1.82) is 0 Å². The predicted octanol–water partition coefficient (Wildman–Crippen LogP) is 5.84. The Morgan fingerprint density at radius 2 is 1.75 bits per heavy atom. The Balaban J connectivity index is 1.90. The van der Waals surface area contributed by atoms with Gasteiger partial charge in [-0.2, -0.15) is 0 Å². The summed E-state index contributed by atoms with van der Waals surface area (Å²) in [6, 6.07) is 15.9. The van der Waals surface area contributed by atoms with Gasteiger partial charge in [0.1, 0.15) is 0 Å². The Hall–Kier alpha value is -3.08. The number of fused-ring (bicyclic) bond motifs is 1. The maximum Gasteiger partial charge on any atom is 0.227 e. The van der Waals surface area contributed by atoms with Crippen LogP contribution in [-0.4, -0.2) is 24.8 Å². The monoisotopic (exact) mass is 431 g/mol. The summed E-state index contributed by atoms with van der Waals surface area (Å²) in [6.07, 6.45) is 3.39. The Morgan fingerprint density at radius 3 is 2.44 bits per heavy atom. The number of carbonyl (C=O) groups is 2. The van der Waals surface area contributed by atoms with Crippen LogP contribution in [0.4, 0.5) is 17.1 Å². The van der Waals surface area contributed by atoms with Gasteiger partial charge in [0.05, 0.1) is 17.4 Å². The smallest absolute Gasteiger partial charge is 0.227 e. The van der Waals surface area contributed by atoms with Crippen LogP contribution in [0.1, 0.15) is 64.5 Å². The molecular weight excluding hydrogens is 398 g/mol. The number of amides is 1. The number of allylic oxidation sites excluding steroid dienone is 1. The highest BCUT2D eigenvalue weighted by Crippen LogP contribution is 2.45. The summed E-state index contributed by atoms with van der Waals surface area (Å²) in [6.45, 7) is 8.18. The van der Waals surface area contributed by atoms with Gasteiger partial charge in [0.2, 0.25) is 5.91 Å². The van der Waals surface area contributed by atoms with E-state index in [4.69, 9.17) is 0 Å². The third-order valence-corrected chi connectivity index (χ3v) is 6.51. The molecule has 1 aliphatic heterocycles. The number of ketones is 1. The van der Waals surface area contributed by atoms with Crippen LogP contribution in [0, 0.1) is 0 Å². The molecule has 2 aliphatic rings. The molecule has 0 aromatic heterocycles. The second-order valence-corrected chi connectivity index (χ2v) is 8.49. The van der Waals surface area contributed by atoms with Crippen LogP contribution in [-0.2, 0) is 9.59 Å². The summed E-state index contributed by atoms with van der Waals surface area (Å²) in [5, 5.41) is 3.52. The number of nitrogens with zero attached hydrogens (tertiary/aromatic N) is 2. The predicted molar refractivity (Wildman–Crippen MR) is 131 cm³/mol. The van der Waals surface area contributed by atoms with Crippen molar-refractivity contribution < 1.29 is 9.59 Å². The Kier molecular flexibility index (Phi) is 6.63. The van der Waals surface area contributed by atoms with Crippen LogP contribution in [0.3, 0.4) is 0 Å². The molecule has 2 aromatic rings. The van der Waals surface area contributed by atoms with E-state index in [0.29, 0.717) is 12.8 Å². The van der Waals surface area contributed by atoms with E-state index in [1.54, 1.807) is 0 Å². The van der Waals surface area contributed by atoms with E-state index >= 15 is 0 Å². The van der Waals surface area contributed by atoms with Crippen molar-refractivity contribution in [2.45, 2.75) is 58.9 Å². The summed E-state index contributed by atoms with van der Waals surface area (Å²) in [4.78, 5) is 30.9. The fraction of sp³-hybridized carbons (Fsp3) is 0.407. The molecule has 1 heterocycles. The number of anilines is 3. The zero-order chi connectivity index (χ0) is 22.7. The van der Waals surface area contributed by atoms with E-state index in [1.807, 2.05) is 36.1 Å². The molecular formula is C27H33N3O2. The number of benzene rings is 2. The number of para-hydroxylation sites is 2. The summed E-state index contributed by atoms with van der Waals surface area (Å²) < 4.78 is 0. The minimum Gasteiger partial charge on any atom is -0.372 e. The standard InChI is InChI=1S/C27H33N3O2/c1-4-10-25(32)30-23-13-8-7-11-21(23)28-22-12-9-14-24(31)26(22)27(30)19-15-17-20(18-16-19)29(5-2)6-3/h7-8,11,13,15-18,27-28H,4-6,9-10,12,14H2,1-3H3. The molecule has 32 heavy (non-hydrogen) atoms. The molecule has 0 saturated heterocycles. The van der Waals surface area contributed by atoms with Crippen molar-refractivity contribution >= 4 is 28.8 Å². The molecule has 5 heteroatoms. The lowest BCUT2D eigenvalue weighted by molar-refractivity contribution is -0.119. The Morgan fingerprint density at radius 1 is 1.03 bits per heavy atom. The molecule has 1 atom stereocenters. The van der Waals surface area contributed by atoms with E-state index < -0.39 is 6.04 Å². The van der Waals surface area contributed by atoms with Crippen LogP contribution < -0.4 is 15.1 Å². The molecule has 0 bridgehead atoms. The number of rotatable bonds is 6. The second-order valence-electron chi connectivity index (χ2n) is 8.49. The maximum atomic E-state index is 13.5. The van der Waals surface area contributed by atoms with Crippen LogP contribution in [0.15, 0.2) is 59.8 Å². The van der Waals surface area contributed by atoms with E-state index in [2.05, 4.69) is 48.3 Å². The molecule has 1 unspecified atom stereocenters. The molecule has 5 nitrogen and oxygen atoms in total. The third-order valence-electron chi connectivity index (χ3n) is 6.51. The quantitative estimate of drug-likeness (QED) is 0.624. The summed E-state index contributed by atoms with van der Waals surface area (Å²) in [5.74, 6) is 0.186. The van der Waals surface area contributed by atoms with Gasteiger partial charge in [0.25, 0.3) is 0 Å². The first-order valence-corrected chi connectivity index (χ1v) is 11.9. The molecule has 1 N–H and O–H groups in total. The number of Topliss-reactive ketones (excluding diaryl/α,β-unsaturated/α-hetero) is 1. The first-order valence-electron chi connectivity index (χ1n) is 11.9. The molecule has 0 fully saturated rings. The second kappa shape index (κ2) is 9.60. The SMILES string of the molecule is CCCC(=O)N1c2ccccc2NC2=C(C(=O)CCC2)C1c1ccc(N(CC)CC)cc1. The highest BCUT2D eigenvalue weighted by atomic mass is 16.2. The number of hydrogen-bond donors (Lipinski definition) is 1. The zero-order valence-electron chi connectivity index (χ0n) is 19.4. The first kappa shape index (κ1) is 22.1. The van der Waals surface area contributed by atoms with Crippen molar-refractivity contribution in [2.75, 3.05) is 28.2 Å². The van der Waals surface area contributed by atoms with Crippen molar-refractivity contribution in [3.63, 3.8) is 0 Å². The highest BCUT2D eigenvalue weighted by molar-refractivity contribution is 6.06. The molecule has 0 saturated carbocycles. The van der Waals surface area contributed by atoms with Crippen LogP contribution in [0.25, 0.3) is 0 Å². The normalized spacial score (nSPS) is 17.9. The Labute approximate surface area is 191 Å². The van der Waals surface area contributed by atoms with Crippen molar-refractivity contribution in [3.05, 3.63) is 65.4 Å². The molecule has 0 radical (unpaired) electrons. The van der Waals surface area contributed by atoms with Gasteiger partial charge in [-0.1, -0.05) is 31.2 Å². The van der Waals surface area contributed by atoms with Gasteiger partial charge in [-0.05, 0) is 62.9 Å². The minimum absolute atomic E-state index is 0.0479. The van der Waals surface area contributed by atoms with Gasteiger partial charge in [0.15, 0.2) is 5.78 Å². The van der Waals surface area contributed by atoms with Crippen molar-refractivity contribution in [1.82, 2.24) is 0 Å². The molecule has 1 amide bonds. The lowest BCUT2D eigenvalue weighted by atomic mass is 9.85. The number of nitrogens with one attached hydrogen (secondary N) is 1. The van der Waals surface area contributed by atoms with Gasteiger partial charge in [-0.3, -0.25) is 14.5 Å². The van der Waals surface area contributed by atoms with E-state index in [-0.39, 0.29) is 11.7 Å². The summed E-state index contributed by atoms with van der Waals surface area (Å²) in [7, 11) is 0. The van der Waals surface area contributed by atoms with Gasteiger partial charge >= 0.3 is 0 Å². The van der Waals surface area contributed by atoms with Gasteiger partial charge in [-0.25, -0.2) is 0 Å². The molecule has 0 spiro atoms. The summed E-state index contributed by atoms with van der Waals surface area (Å²) >= 11 is 0. The largest absolute Gasteiger partial charge is 0.372 e. The molecule has 168 valence electrons. The van der Waals surface area contributed by atoms with Crippen LogP contribution in [0.2, 0.25) is 0 Å². The number of carbonyl (C=O) groups excluding carboxylic acids is 2. The molecule has 2 aromatic carbocycles. The fourth-order valence-corrected chi connectivity index (χ4v) is 4.92. The van der Waals surface area contributed by atoms with E-state index in [0.717, 1.165) is 66.2 Å². The first-order chi connectivity index (χ1) is 15.6. The van der Waals surface area contributed by atoms with Gasteiger partial charge in [0, 0.05) is 42.9 Å². The average Bonchev–Trinajstić information content (AvgIpc) is 2.95. The van der Waals surface area contributed by atoms with Crippen molar-refractivity contribution in [2.24, 2.45) is 0 Å². The lowest BCUT2D eigenvalue weighted by Gasteiger charge is -2.34. The molecule has 4 rings (SSSR count). The van der Waals surface area contributed by atoms with E-state index in [9.17, 15) is 9.59 Å². The van der Waals surface area contributed by atoms with Crippen LogP contribution >= 0.6 is 0 Å². The van der Waals surface area contributed by atoms with Crippen molar-refractivity contribution in [3.8, 4) is 0 Å². The van der Waals surface area contributed by atoms with Crippen LogP contribution in [0.5, 0.6) is 0 Å². The summed E-state index contributed by atoms with van der Waals surface area (Å²) in [5.41, 5.74) is 5.56. The Bertz CT molecular complexity index is 1020. The molecule has 1 aliphatic carbocycles. The topological polar surface area (TPSA) is 52.7 Å².